The summed E-state index contributed by atoms with van der Waals surface area (Å²) in [7, 11) is -4.05. The van der Waals surface area contributed by atoms with E-state index in [9.17, 15) is 17.6 Å². The van der Waals surface area contributed by atoms with E-state index in [-0.39, 0.29) is 22.6 Å². The first-order valence-electron chi connectivity index (χ1n) is 9.35. The van der Waals surface area contributed by atoms with Crippen molar-refractivity contribution in [2.45, 2.75) is 37.8 Å². The molecule has 0 spiro atoms. The van der Waals surface area contributed by atoms with Gasteiger partial charge in [0.1, 0.15) is 16.5 Å². The highest BCUT2D eigenvalue weighted by molar-refractivity contribution is 7.87. The number of hydrogen-bond acceptors (Lipinski definition) is 5. The molecule has 30 heavy (non-hydrogen) atoms. The van der Waals surface area contributed by atoms with Crippen LogP contribution in [0.2, 0.25) is 0 Å². The summed E-state index contributed by atoms with van der Waals surface area (Å²) in [6, 6.07) is 14.8. The zero-order chi connectivity index (χ0) is 21.7. The van der Waals surface area contributed by atoms with E-state index < -0.39 is 15.9 Å². The molecular formula is C22H22FNO4S2. The molecule has 0 unspecified atom stereocenters. The fourth-order valence-electron chi connectivity index (χ4n) is 2.85. The summed E-state index contributed by atoms with van der Waals surface area (Å²) in [4.78, 5) is 15.4. The minimum atomic E-state index is -4.05. The maximum atomic E-state index is 13.0. The molecule has 8 heteroatoms. The molecule has 0 bridgehead atoms. The number of carbonyl (C=O) groups is 1. The maximum absolute atomic E-state index is 13.0. The summed E-state index contributed by atoms with van der Waals surface area (Å²) >= 11 is 1.55. The van der Waals surface area contributed by atoms with Crippen LogP contribution < -0.4 is 4.18 Å². The molecule has 0 atom stereocenters. The lowest BCUT2D eigenvalue weighted by molar-refractivity contribution is -0.132. The molecule has 158 valence electrons. The quantitative estimate of drug-likeness (QED) is 0.472. The molecule has 3 aromatic rings. The Hall–Kier alpha value is -2.71. The summed E-state index contributed by atoms with van der Waals surface area (Å²) in [5, 5.41) is 1.95. The van der Waals surface area contributed by atoms with Crippen LogP contribution in [0.25, 0.3) is 0 Å². The molecule has 0 fully saturated rings. The molecule has 1 aromatic heterocycles. The third kappa shape index (κ3) is 5.67. The summed E-state index contributed by atoms with van der Waals surface area (Å²) < 4.78 is 42.7. The molecule has 5 nitrogen and oxygen atoms in total. The fourth-order valence-corrected chi connectivity index (χ4v) is 4.47. The van der Waals surface area contributed by atoms with Gasteiger partial charge in [0.25, 0.3) is 0 Å². The van der Waals surface area contributed by atoms with E-state index in [1.165, 1.54) is 0 Å². The van der Waals surface area contributed by atoms with Gasteiger partial charge in [-0.1, -0.05) is 18.2 Å². The van der Waals surface area contributed by atoms with Crippen LogP contribution in [0.1, 0.15) is 24.3 Å². The molecule has 1 amide bonds. The lowest BCUT2D eigenvalue weighted by Gasteiger charge is -2.27. The van der Waals surface area contributed by atoms with Gasteiger partial charge >= 0.3 is 10.1 Å². The van der Waals surface area contributed by atoms with Gasteiger partial charge in [-0.15, -0.1) is 11.3 Å². The van der Waals surface area contributed by atoms with E-state index in [1.807, 2.05) is 31.4 Å². The molecule has 1 heterocycles. The molecular weight excluding hydrogens is 425 g/mol. The smallest absolute Gasteiger partial charge is 0.339 e. The Morgan fingerprint density at radius 1 is 1.07 bits per heavy atom. The van der Waals surface area contributed by atoms with Crippen molar-refractivity contribution < 1.29 is 21.8 Å². The second kappa shape index (κ2) is 9.40. The van der Waals surface area contributed by atoms with Gasteiger partial charge in [-0.2, -0.15) is 8.42 Å². The van der Waals surface area contributed by atoms with Crippen LogP contribution in [0, 0.1) is 5.82 Å². The Labute approximate surface area is 179 Å². The highest BCUT2D eigenvalue weighted by atomic mass is 32.2. The van der Waals surface area contributed by atoms with E-state index >= 15 is 0 Å². The Balaban J connectivity index is 1.68. The van der Waals surface area contributed by atoms with Gasteiger partial charge in [-0.25, -0.2) is 4.39 Å². The summed E-state index contributed by atoms with van der Waals surface area (Å²) in [6.45, 7) is 4.32. The molecule has 0 aliphatic rings. The number of thiophene rings is 1. The van der Waals surface area contributed by atoms with E-state index in [1.54, 1.807) is 40.5 Å². The molecule has 0 aliphatic heterocycles. The maximum Gasteiger partial charge on any atom is 0.339 e. The third-order valence-corrected chi connectivity index (χ3v) is 6.57. The van der Waals surface area contributed by atoms with Crippen molar-refractivity contribution in [3.63, 3.8) is 0 Å². The van der Waals surface area contributed by atoms with Crippen molar-refractivity contribution in [3.8, 4) is 5.75 Å². The van der Waals surface area contributed by atoms with Crippen molar-refractivity contribution in [2.24, 2.45) is 0 Å². The summed E-state index contributed by atoms with van der Waals surface area (Å²) in [5.74, 6) is -0.350. The van der Waals surface area contributed by atoms with Crippen LogP contribution in [0.4, 0.5) is 4.39 Å². The molecule has 0 saturated carbocycles. The second-order valence-electron chi connectivity index (χ2n) is 7.01. The van der Waals surface area contributed by atoms with Crippen LogP contribution >= 0.6 is 11.3 Å². The lowest BCUT2D eigenvalue weighted by atomic mass is 10.1. The van der Waals surface area contributed by atoms with Crippen LogP contribution in [0.3, 0.4) is 0 Å². The topological polar surface area (TPSA) is 63.7 Å². The normalized spacial score (nSPS) is 11.5. The summed E-state index contributed by atoms with van der Waals surface area (Å²) in [6.07, 6.45) is 0.354. The predicted molar refractivity (Wildman–Crippen MR) is 114 cm³/mol. The van der Waals surface area contributed by atoms with Crippen LogP contribution in [-0.2, 0) is 27.9 Å². The van der Waals surface area contributed by atoms with Gasteiger partial charge < -0.3 is 9.08 Å². The average Bonchev–Trinajstić information content (AvgIpc) is 3.20. The monoisotopic (exact) mass is 447 g/mol. The van der Waals surface area contributed by atoms with Crippen LogP contribution in [0.15, 0.2) is 70.9 Å². The van der Waals surface area contributed by atoms with Crippen molar-refractivity contribution in [1.29, 1.82) is 0 Å². The van der Waals surface area contributed by atoms with Gasteiger partial charge in [0, 0.05) is 17.5 Å². The SMILES string of the molecule is CC(C)N(Cc1ccc(OS(=O)(=O)c2ccc(F)cc2)cc1)C(=O)Cc1cccs1. The third-order valence-electron chi connectivity index (χ3n) is 4.43. The first-order valence-corrected chi connectivity index (χ1v) is 11.6. The van der Waals surface area contributed by atoms with E-state index in [0.29, 0.717) is 13.0 Å². The van der Waals surface area contributed by atoms with Crippen molar-refractivity contribution in [1.82, 2.24) is 4.90 Å². The largest absolute Gasteiger partial charge is 0.379 e. The van der Waals surface area contributed by atoms with Gasteiger partial charge in [0.15, 0.2) is 0 Å². The standard InChI is InChI=1S/C22H22FNO4S2/c1-16(2)24(22(25)14-20-4-3-13-29-20)15-17-5-9-19(10-6-17)28-30(26,27)21-11-7-18(23)8-12-21/h3-13,16H,14-15H2,1-2H3. The van der Waals surface area contributed by atoms with Crippen molar-refractivity contribution in [2.75, 3.05) is 0 Å². The molecule has 3 rings (SSSR count). The number of nitrogens with zero attached hydrogens (tertiary/aromatic N) is 1. The number of carbonyl (C=O) groups excluding carboxylic acids is 1. The molecule has 0 aliphatic carbocycles. The zero-order valence-corrected chi connectivity index (χ0v) is 18.3. The highest BCUT2D eigenvalue weighted by Gasteiger charge is 2.19. The van der Waals surface area contributed by atoms with Gasteiger partial charge in [0.05, 0.1) is 6.42 Å². The molecule has 0 saturated heterocycles. The summed E-state index contributed by atoms with van der Waals surface area (Å²) in [5.41, 5.74) is 0.856. The Morgan fingerprint density at radius 2 is 1.73 bits per heavy atom. The van der Waals surface area contributed by atoms with E-state index in [0.717, 1.165) is 34.7 Å². The minimum absolute atomic E-state index is 0.0206. The van der Waals surface area contributed by atoms with E-state index in [4.69, 9.17) is 4.18 Å². The number of hydrogen-bond donors (Lipinski definition) is 0. The Morgan fingerprint density at radius 3 is 2.30 bits per heavy atom. The van der Waals surface area contributed by atoms with Crippen molar-refractivity contribution >= 4 is 27.4 Å². The average molecular weight is 448 g/mol. The van der Waals surface area contributed by atoms with Crippen LogP contribution in [-0.4, -0.2) is 25.3 Å². The first-order chi connectivity index (χ1) is 14.2. The van der Waals surface area contributed by atoms with Gasteiger partial charge in [-0.3, -0.25) is 4.79 Å². The highest BCUT2D eigenvalue weighted by Crippen LogP contribution is 2.21. The molecule has 0 N–H and O–H groups in total. The Bertz CT molecular complexity index is 1080. The fraction of sp³-hybridized carbons (Fsp3) is 0.227. The Kier molecular flexibility index (Phi) is 6.89. The lowest BCUT2D eigenvalue weighted by Crippen LogP contribution is -2.37. The molecule has 0 radical (unpaired) electrons. The zero-order valence-electron chi connectivity index (χ0n) is 16.6. The minimum Gasteiger partial charge on any atom is -0.379 e. The number of halogens is 1. The number of rotatable bonds is 8. The van der Waals surface area contributed by atoms with Gasteiger partial charge in [-0.05, 0) is 67.3 Å². The van der Waals surface area contributed by atoms with Gasteiger partial charge in [0.2, 0.25) is 5.91 Å². The number of benzene rings is 2. The molecule has 2 aromatic carbocycles. The van der Waals surface area contributed by atoms with E-state index in [2.05, 4.69) is 0 Å². The van der Waals surface area contributed by atoms with Crippen LogP contribution in [0.5, 0.6) is 5.75 Å². The second-order valence-corrected chi connectivity index (χ2v) is 9.59. The van der Waals surface area contributed by atoms with Crippen molar-refractivity contribution in [3.05, 3.63) is 82.3 Å². The number of amides is 1. The predicted octanol–water partition coefficient (Wildman–Crippen LogP) is 4.63. The first kappa shape index (κ1) is 22.0.